The van der Waals surface area contributed by atoms with Crippen molar-refractivity contribution in [1.29, 1.82) is 0 Å². The van der Waals surface area contributed by atoms with E-state index in [-0.39, 0.29) is 0 Å². The van der Waals surface area contributed by atoms with Crippen LogP contribution in [0.25, 0.3) is 0 Å². The highest BCUT2D eigenvalue weighted by Gasteiger charge is 1.94. The van der Waals surface area contributed by atoms with E-state index in [0.29, 0.717) is 0 Å². The zero-order chi connectivity index (χ0) is 12.3. The fraction of sp³-hybridized carbons (Fsp3) is 0.600. The Morgan fingerprint density at radius 3 is 2.65 bits per heavy atom. The molecule has 0 unspecified atom stereocenters. The van der Waals surface area contributed by atoms with Gasteiger partial charge in [-0.1, -0.05) is 38.3 Å². The molecule has 0 spiro atoms. The van der Waals surface area contributed by atoms with E-state index in [4.69, 9.17) is 10.5 Å². The Morgan fingerprint density at radius 2 is 1.88 bits per heavy atom. The standard InChI is InChI=1S/C15H25NO/c1-2-3-4-5-11-17-12-7-9-14-8-6-10-15(16)13-14/h6,8,10,13H,2-5,7,9,11-12,16H2,1H3. The van der Waals surface area contributed by atoms with Gasteiger partial charge in [0, 0.05) is 18.9 Å². The predicted molar refractivity (Wildman–Crippen MR) is 74.1 cm³/mol. The molecule has 2 N–H and O–H groups in total. The molecule has 0 aliphatic rings. The molecule has 0 fully saturated rings. The minimum Gasteiger partial charge on any atom is -0.399 e. The van der Waals surface area contributed by atoms with Crippen molar-refractivity contribution in [1.82, 2.24) is 0 Å². The summed E-state index contributed by atoms with van der Waals surface area (Å²) in [6.45, 7) is 4.00. The summed E-state index contributed by atoms with van der Waals surface area (Å²) in [6, 6.07) is 8.10. The number of anilines is 1. The first-order chi connectivity index (χ1) is 8.33. The van der Waals surface area contributed by atoms with Crippen LogP contribution in [0.4, 0.5) is 5.69 Å². The van der Waals surface area contributed by atoms with Crippen LogP contribution < -0.4 is 5.73 Å². The van der Waals surface area contributed by atoms with Crippen molar-refractivity contribution >= 4 is 5.69 Å². The van der Waals surface area contributed by atoms with Crippen molar-refractivity contribution in [3.05, 3.63) is 29.8 Å². The molecule has 0 aromatic heterocycles. The van der Waals surface area contributed by atoms with E-state index in [1.54, 1.807) is 0 Å². The summed E-state index contributed by atoms with van der Waals surface area (Å²) in [6.07, 6.45) is 7.25. The monoisotopic (exact) mass is 235 g/mol. The first kappa shape index (κ1) is 14.0. The van der Waals surface area contributed by atoms with Gasteiger partial charge in [0.05, 0.1) is 0 Å². The fourth-order valence-electron chi connectivity index (χ4n) is 1.86. The van der Waals surface area contributed by atoms with Crippen LogP contribution in [0.2, 0.25) is 0 Å². The van der Waals surface area contributed by atoms with Crippen molar-refractivity contribution in [2.24, 2.45) is 0 Å². The Labute approximate surface area is 105 Å². The molecule has 17 heavy (non-hydrogen) atoms. The lowest BCUT2D eigenvalue weighted by atomic mass is 10.1. The van der Waals surface area contributed by atoms with Crippen LogP contribution in [0.15, 0.2) is 24.3 Å². The lowest BCUT2D eigenvalue weighted by Gasteiger charge is -2.05. The van der Waals surface area contributed by atoms with E-state index >= 15 is 0 Å². The largest absolute Gasteiger partial charge is 0.399 e. The topological polar surface area (TPSA) is 35.2 Å². The molecular formula is C15H25NO. The Kier molecular flexibility index (Phi) is 7.48. The lowest BCUT2D eigenvalue weighted by molar-refractivity contribution is 0.128. The number of aryl methyl sites for hydroxylation is 1. The molecule has 0 aliphatic carbocycles. The second-order valence-corrected chi connectivity index (χ2v) is 4.52. The van der Waals surface area contributed by atoms with E-state index in [1.807, 2.05) is 18.2 Å². The second-order valence-electron chi connectivity index (χ2n) is 4.52. The van der Waals surface area contributed by atoms with Crippen molar-refractivity contribution in [2.45, 2.75) is 45.4 Å². The number of rotatable bonds is 9. The molecule has 0 saturated carbocycles. The molecule has 1 aromatic rings. The van der Waals surface area contributed by atoms with Crippen LogP contribution in [-0.2, 0) is 11.2 Å². The summed E-state index contributed by atoms with van der Waals surface area (Å²) >= 11 is 0. The van der Waals surface area contributed by atoms with Gasteiger partial charge in [0.25, 0.3) is 0 Å². The molecule has 0 amide bonds. The first-order valence-corrected chi connectivity index (χ1v) is 6.75. The van der Waals surface area contributed by atoms with E-state index in [2.05, 4.69) is 13.0 Å². The van der Waals surface area contributed by atoms with Crippen LogP contribution in [0.1, 0.15) is 44.6 Å². The molecule has 2 nitrogen and oxygen atoms in total. The number of nitrogen functional groups attached to an aromatic ring is 1. The minimum absolute atomic E-state index is 0.850. The molecule has 0 saturated heterocycles. The lowest BCUT2D eigenvalue weighted by Crippen LogP contribution is -1.99. The molecule has 0 bridgehead atoms. The van der Waals surface area contributed by atoms with Crippen molar-refractivity contribution in [2.75, 3.05) is 18.9 Å². The van der Waals surface area contributed by atoms with Gasteiger partial charge in [0.15, 0.2) is 0 Å². The third-order valence-corrected chi connectivity index (χ3v) is 2.85. The maximum atomic E-state index is 5.73. The summed E-state index contributed by atoms with van der Waals surface area (Å²) in [5.41, 5.74) is 7.88. The minimum atomic E-state index is 0.850. The zero-order valence-corrected chi connectivity index (χ0v) is 11.0. The van der Waals surface area contributed by atoms with Crippen LogP contribution >= 0.6 is 0 Å². The van der Waals surface area contributed by atoms with Gasteiger partial charge in [0.1, 0.15) is 0 Å². The van der Waals surface area contributed by atoms with Gasteiger partial charge >= 0.3 is 0 Å². The average Bonchev–Trinajstić information content (AvgIpc) is 2.33. The third-order valence-electron chi connectivity index (χ3n) is 2.85. The van der Waals surface area contributed by atoms with Gasteiger partial charge in [-0.05, 0) is 37.0 Å². The third kappa shape index (κ3) is 7.01. The van der Waals surface area contributed by atoms with Gasteiger partial charge < -0.3 is 10.5 Å². The van der Waals surface area contributed by atoms with Gasteiger partial charge in [0.2, 0.25) is 0 Å². The summed E-state index contributed by atoms with van der Waals surface area (Å²) in [5.74, 6) is 0. The molecule has 0 heterocycles. The van der Waals surface area contributed by atoms with Crippen LogP contribution in [-0.4, -0.2) is 13.2 Å². The van der Waals surface area contributed by atoms with Crippen molar-refractivity contribution in [3.63, 3.8) is 0 Å². The van der Waals surface area contributed by atoms with E-state index in [9.17, 15) is 0 Å². The van der Waals surface area contributed by atoms with Gasteiger partial charge in [-0.2, -0.15) is 0 Å². The second kappa shape index (κ2) is 9.06. The number of hydrogen-bond donors (Lipinski definition) is 1. The highest BCUT2D eigenvalue weighted by atomic mass is 16.5. The summed E-state index contributed by atoms with van der Waals surface area (Å²) in [5, 5.41) is 0. The first-order valence-electron chi connectivity index (χ1n) is 6.75. The van der Waals surface area contributed by atoms with Crippen molar-refractivity contribution < 1.29 is 4.74 Å². The molecule has 2 heteroatoms. The van der Waals surface area contributed by atoms with E-state index < -0.39 is 0 Å². The molecule has 1 rings (SSSR count). The van der Waals surface area contributed by atoms with Gasteiger partial charge in [-0.15, -0.1) is 0 Å². The number of benzene rings is 1. The predicted octanol–water partition coefficient (Wildman–Crippen LogP) is 3.80. The number of unbranched alkanes of at least 4 members (excludes halogenated alkanes) is 3. The van der Waals surface area contributed by atoms with Gasteiger partial charge in [-0.3, -0.25) is 0 Å². The Morgan fingerprint density at radius 1 is 1.06 bits per heavy atom. The van der Waals surface area contributed by atoms with Crippen LogP contribution in [0.5, 0.6) is 0 Å². The van der Waals surface area contributed by atoms with Gasteiger partial charge in [-0.25, -0.2) is 0 Å². The quantitative estimate of drug-likeness (QED) is 0.522. The van der Waals surface area contributed by atoms with E-state index in [1.165, 1.54) is 31.2 Å². The number of nitrogens with two attached hydrogens (primary N) is 1. The maximum absolute atomic E-state index is 5.73. The molecule has 1 aromatic carbocycles. The smallest absolute Gasteiger partial charge is 0.0469 e. The van der Waals surface area contributed by atoms with Crippen LogP contribution in [0, 0.1) is 0 Å². The fourth-order valence-corrected chi connectivity index (χ4v) is 1.86. The maximum Gasteiger partial charge on any atom is 0.0469 e. The number of hydrogen-bond acceptors (Lipinski definition) is 2. The van der Waals surface area contributed by atoms with Crippen LogP contribution in [0.3, 0.4) is 0 Å². The molecular weight excluding hydrogens is 210 g/mol. The van der Waals surface area contributed by atoms with Crippen molar-refractivity contribution in [3.8, 4) is 0 Å². The Balaban J connectivity index is 1.97. The normalized spacial score (nSPS) is 10.6. The summed E-state index contributed by atoms with van der Waals surface area (Å²) in [4.78, 5) is 0. The van der Waals surface area contributed by atoms with E-state index in [0.717, 1.165) is 31.7 Å². The molecule has 0 atom stereocenters. The summed E-state index contributed by atoms with van der Waals surface area (Å²) in [7, 11) is 0. The highest BCUT2D eigenvalue weighted by molar-refractivity contribution is 5.40. The SMILES string of the molecule is CCCCCCOCCCc1cccc(N)c1. The molecule has 0 aliphatic heterocycles. The summed E-state index contributed by atoms with van der Waals surface area (Å²) < 4.78 is 5.60. The molecule has 0 radical (unpaired) electrons. The molecule has 96 valence electrons. The zero-order valence-electron chi connectivity index (χ0n) is 11.0. The highest BCUT2D eigenvalue weighted by Crippen LogP contribution is 2.08. The Bertz CT molecular complexity index is 299. The number of ether oxygens (including phenoxy) is 1. The Hall–Kier alpha value is -1.02. The average molecular weight is 235 g/mol.